The molecule has 0 aromatic carbocycles. The molecule has 2 heteroatoms. The predicted molar refractivity (Wildman–Crippen MR) is 57.3 cm³/mol. The van der Waals surface area contributed by atoms with E-state index in [2.05, 4.69) is 63.0 Å². The standard InChI is InChI=1S/C12H17IN/c1-10(2)5-6-11(3)13-12-7-8-14(4)9-12/h5-9H,1-4H3/q-1/b11-6-. The van der Waals surface area contributed by atoms with E-state index in [9.17, 15) is 0 Å². The van der Waals surface area contributed by atoms with Crippen molar-refractivity contribution in [2.75, 3.05) is 0 Å². The zero-order valence-corrected chi connectivity index (χ0v) is 11.4. The summed E-state index contributed by atoms with van der Waals surface area (Å²) in [5.41, 5.74) is 1.36. The van der Waals surface area contributed by atoms with Crippen molar-refractivity contribution in [2.24, 2.45) is 7.05 Å². The fraction of sp³-hybridized carbons (Fsp3) is 0.333. The fourth-order valence-corrected chi connectivity index (χ4v) is 3.27. The first-order valence-corrected chi connectivity index (χ1v) is 6.82. The van der Waals surface area contributed by atoms with Crippen molar-refractivity contribution in [1.29, 1.82) is 0 Å². The van der Waals surface area contributed by atoms with Gasteiger partial charge in [-0.2, -0.15) is 0 Å². The molecule has 0 fully saturated rings. The van der Waals surface area contributed by atoms with Gasteiger partial charge in [-0.25, -0.2) is 0 Å². The Hall–Kier alpha value is -0.510. The summed E-state index contributed by atoms with van der Waals surface area (Å²) >= 11 is 0.0486. The van der Waals surface area contributed by atoms with Gasteiger partial charge in [0.05, 0.1) is 0 Å². The van der Waals surface area contributed by atoms with E-state index in [-0.39, 0.29) is 21.2 Å². The molecule has 0 unspecified atom stereocenters. The molecular formula is C12H17IN-. The Labute approximate surface area is 96.8 Å². The van der Waals surface area contributed by atoms with Crippen LogP contribution in [0.2, 0.25) is 0 Å². The van der Waals surface area contributed by atoms with Crippen LogP contribution >= 0.6 is 0 Å². The van der Waals surface area contributed by atoms with Crippen LogP contribution in [0.4, 0.5) is 0 Å². The van der Waals surface area contributed by atoms with Gasteiger partial charge >= 0.3 is 96.9 Å². The first kappa shape index (κ1) is 11.6. The van der Waals surface area contributed by atoms with Crippen LogP contribution in [0.15, 0.2) is 39.8 Å². The van der Waals surface area contributed by atoms with Crippen LogP contribution in [0.25, 0.3) is 0 Å². The SMILES string of the molecule is CC(C)=C/C=C(/C)[I-]c1ccn(C)c1. The molecule has 0 spiro atoms. The second-order valence-electron chi connectivity index (χ2n) is 3.59. The van der Waals surface area contributed by atoms with E-state index in [4.69, 9.17) is 0 Å². The minimum atomic E-state index is 0.0486. The molecule has 0 saturated heterocycles. The van der Waals surface area contributed by atoms with Gasteiger partial charge in [0.15, 0.2) is 0 Å². The molecule has 1 heterocycles. The van der Waals surface area contributed by atoms with E-state index in [1.54, 1.807) is 0 Å². The molecule has 0 aliphatic rings. The molecule has 14 heavy (non-hydrogen) atoms. The van der Waals surface area contributed by atoms with Gasteiger partial charge in [0.25, 0.3) is 0 Å². The second kappa shape index (κ2) is 5.39. The molecule has 0 saturated carbocycles. The van der Waals surface area contributed by atoms with E-state index in [1.165, 1.54) is 12.7 Å². The maximum absolute atomic E-state index is 2.25. The Morgan fingerprint density at radius 1 is 1.29 bits per heavy atom. The summed E-state index contributed by atoms with van der Waals surface area (Å²) in [4.78, 5) is 0. The van der Waals surface area contributed by atoms with Crippen molar-refractivity contribution in [1.82, 2.24) is 4.57 Å². The van der Waals surface area contributed by atoms with Crippen LogP contribution in [0.5, 0.6) is 0 Å². The first-order valence-electron chi connectivity index (χ1n) is 4.66. The van der Waals surface area contributed by atoms with Crippen molar-refractivity contribution >= 4 is 0 Å². The molecule has 1 rings (SSSR count). The van der Waals surface area contributed by atoms with Crippen molar-refractivity contribution in [3.05, 3.63) is 43.3 Å². The number of hydrogen-bond donors (Lipinski definition) is 0. The molecule has 0 N–H and O–H groups in total. The minimum absolute atomic E-state index is 0.0486. The van der Waals surface area contributed by atoms with Gasteiger partial charge in [-0.1, -0.05) is 0 Å². The van der Waals surface area contributed by atoms with Crippen molar-refractivity contribution < 1.29 is 21.2 Å². The summed E-state index contributed by atoms with van der Waals surface area (Å²) in [5, 5.41) is 0. The van der Waals surface area contributed by atoms with Gasteiger partial charge in [-0.05, 0) is 0 Å². The molecule has 0 radical (unpaired) electrons. The first-order chi connectivity index (χ1) is 6.58. The number of aromatic nitrogens is 1. The molecule has 0 amide bonds. The molecule has 1 nitrogen and oxygen atoms in total. The van der Waals surface area contributed by atoms with E-state index in [1.807, 2.05) is 0 Å². The summed E-state index contributed by atoms with van der Waals surface area (Å²) in [7, 11) is 2.07. The normalized spacial score (nSPS) is 11.9. The second-order valence-corrected chi connectivity index (χ2v) is 7.07. The molecule has 0 aliphatic heterocycles. The van der Waals surface area contributed by atoms with Crippen LogP contribution in [0, 0.1) is 3.57 Å². The van der Waals surface area contributed by atoms with Crippen LogP contribution in [0.3, 0.4) is 0 Å². The maximum atomic E-state index is 2.25. The van der Waals surface area contributed by atoms with E-state index in [0.717, 1.165) is 0 Å². The van der Waals surface area contributed by atoms with E-state index in [0.29, 0.717) is 0 Å². The third-order valence-corrected chi connectivity index (χ3v) is 4.17. The van der Waals surface area contributed by atoms with Gasteiger partial charge in [-0.3, -0.25) is 0 Å². The van der Waals surface area contributed by atoms with Gasteiger partial charge in [0.1, 0.15) is 0 Å². The van der Waals surface area contributed by atoms with E-state index < -0.39 is 0 Å². The Kier molecular flexibility index (Phi) is 4.45. The Balaban J connectivity index is 2.61. The number of rotatable bonds is 3. The van der Waals surface area contributed by atoms with Crippen LogP contribution in [-0.4, -0.2) is 4.57 Å². The quantitative estimate of drug-likeness (QED) is 0.553. The summed E-state index contributed by atoms with van der Waals surface area (Å²) in [6, 6.07) is 2.22. The zero-order chi connectivity index (χ0) is 10.6. The van der Waals surface area contributed by atoms with Crippen LogP contribution < -0.4 is 21.2 Å². The average molecular weight is 302 g/mol. The number of nitrogens with zero attached hydrogens (tertiary/aromatic N) is 1. The summed E-state index contributed by atoms with van der Waals surface area (Å²) in [6.07, 6.45) is 8.77. The number of aryl methyl sites for hydroxylation is 1. The average Bonchev–Trinajstić information content (AvgIpc) is 2.48. The Bertz CT molecular complexity index is 354. The summed E-state index contributed by atoms with van der Waals surface area (Å²) < 4.78 is 5.11. The molecule has 0 aliphatic carbocycles. The monoisotopic (exact) mass is 302 g/mol. The number of halogens is 1. The van der Waals surface area contributed by atoms with Crippen molar-refractivity contribution in [3.63, 3.8) is 0 Å². The van der Waals surface area contributed by atoms with Crippen molar-refractivity contribution in [3.8, 4) is 0 Å². The topological polar surface area (TPSA) is 4.93 Å². The van der Waals surface area contributed by atoms with Crippen LogP contribution in [0.1, 0.15) is 20.8 Å². The molecular weight excluding hydrogens is 285 g/mol. The molecule has 0 bridgehead atoms. The predicted octanol–water partition coefficient (Wildman–Crippen LogP) is 0.154. The van der Waals surface area contributed by atoms with Crippen LogP contribution in [-0.2, 0) is 7.05 Å². The Morgan fingerprint density at radius 3 is 2.50 bits per heavy atom. The van der Waals surface area contributed by atoms with Gasteiger partial charge in [-0.15, -0.1) is 0 Å². The third-order valence-electron chi connectivity index (χ3n) is 1.70. The molecule has 78 valence electrons. The van der Waals surface area contributed by atoms with Crippen molar-refractivity contribution in [2.45, 2.75) is 20.8 Å². The summed E-state index contributed by atoms with van der Waals surface area (Å²) in [5.74, 6) is 0. The van der Waals surface area contributed by atoms with E-state index >= 15 is 0 Å². The molecule has 1 aromatic rings. The summed E-state index contributed by atoms with van der Waals surface area (Å²) in [6.45, 7) is 6.48. The number of allylic oxidation sites excluding steroid dienone is 4. The zero-order valence-electron chi connectivity index (χ0n) is 9.21. The van der Waals surface area contributed by atoms with Gasteiger partial charge in [0.2, 0.25) is 0 Å². The number of hydrogen-bond acceptors (Lipinski definition) is 0. The third kappa shape index (κ3) is 4.13. The van der Waals surface area contributed by atoms with Gasteiger partial charge in [0, 0.05) is 0 Å². The Morgan fingerprint density at radius 2 is 2.00 bits per heavy atom. The fourth-order valence-electron chi connectivity index (χ4n) is 1.01. The molecule has 1 aromatic heterocycles. The molecule has 0 atom stereocenters. The van der Waals surface area contributed by atoms with Gasteiger partial charge < -0.3 is 0 Å².